The van der Waals surface area contributed by atoms with Crippen LogP contribution in [0.4, 0.5) is 0 Å². The maximum Gasteiger partial charge on any atom is 0.106 e. The van der Waals surface area contributed by atoms with Crippen molar-refractivity contribution >= 4 is 22.6 Å². The van der Waals surface area contributed by atoms with Crippen molar-refractivity contribution in [2.24, 2.45) is 5.92 Å². The molecule has 0 bridgehead atoms. The van der Waals surface area contributed by atoms with Crippen LogP contribution in [0.3, 0.4) is 0 Å². The maximum atomic E-state index is 8.98. The van der Waals surface area contributed by atoms with Crippen molar-refractivity contribution in [3.8, 4) is 0 Å². The molecule has 0 amide bonds. The highest BCUT2D eigenvalue weighted by Gasteiger charge is 2.21. The highest BCUT2D eigenvalue weighted by Crippen LogP contribution is 2.15. The summed E-state index contributed by atoms with van der Waals surface area (Å²) in [6.45, 7) is 1.66. The predicted molar refractivity (Wildman–Crippen MR) is 57.7 cm³/mol. The van der Waals surface area contributed by atoms with Crippen LogP contribution in [0.15, 0.2) is 0 Å². The molecular weight excluding hydrogens is 287 g/mol. The molecule has 0 aliphatic heterocycles. The Morgan fingerprint density at radius 1 is 1.23 bits per heavy atom. The molecule has 3 N–H and O–H groups in total. The Balaban J connectivity index is 4.00. The fraction of sp³-hybridized carbons (Fsp3) is 1.00. The van der Waals surface area contributed by atoms with Crippen LogP contribution >= 0.6 is 22.6 Å². The van der Waals surface area contributed by atoms with Gasteiger partial charge in [-0.3, -0.25) is 0 Å². The Bertz CT molecular complexity index is 121. The Morgan fingerprint density at radius 3 is 2.15 bits per heavy atom. The van der Waals surface area contributed by atoms with Crippen molar-refractivity contribution in [2.75, 3.05) is 19.8 Å². The average Bonchev–Trinajstić information content (AvgIpc) is 2.10. The van der Waals surface area contributed by atoms with E-state index in [1.807, 2.05) is 6.92 Å². The van der Waals surface area contributed by atoms with Crippen LogP contribution in [-0.4, -0.2) is 45.4 Å². The number of rotatable bonds is 7. The van der Waals surface area contributed by atoms with E-state index < -0.39 is 0 Å². The number of hydrogen-bond donors (Lipinski definition) is 3. The first-order valence-electron chi connectivity index (χ1n) is 4.27. The first-order chi connectivity index (χ1) is 6.15. The van der Waals surface area contributed by atoms with E-state index in [-0.39, 0.29) is 36.0 Å². The molecular formula is C8H17IO4. The van der Waals surface area contributed by atoms with Crippen LogP contribution in [0.25, 0.3) is 0 Å². The Kier molecular flexibility index (Phi) is 8.27. The summed E-state index contributed by atoms with van der Waals surface area (Å²) in [6.07, 6.45) is 0.0644. The van der Waals surface area contributed by atoms with Crippen LogP contribution in [0.2, 0.25) is 0 Å². The van der Waals surface area contributed by atoms with Crippen LogP contribution in [-0.2, 0) is 4.74 Å². The lowest BCUT2D eigenvalue weighted by Gasteiger charge is -2.24. The minimum Gasteiger partial charge on any atom is -0.396 e. The van der Waals surface area contributed by atoms with Gasteiger partial charge in [-0.05, 0) is 13.3 Å². The van der Waals surface area contributed by atoms with Gasteiger partial charge in [0.05, 0.1) is 12.7 Å². The molecule has 3 atom stereocenters. The van der Waals surface area contributed by atoms with Gasteiger partial charge in [0.2, 0.25) is 0 Å². The zero-order chi connectivity index (χ0) is 10.3. The van der Waals surface area contributed by atoms with E-state index in [1.54, 1.807) is 0 Å². The van der Waals surface area contributed by atoms with Crippen LogP contribution in [0, 0.1) is 5.92 Å². The second kappa shape index (κ2) is 7.93. The number of hydrogen-bond acceptors (Lipinski definition) is 4. The van der Waals surface area contributed by atoms with Gasteiger partial charge in [-0.15, -0.1) is 0 Å². The Hall–Kier alpha value is 0.570. The lowest BCUT2D eigenvalue weighted by molar-refractivity contribution is -0.0445. The van der Waals surface area contributed by atoms with E-state index in [2.05, 4.69) is 22.6 Å². The van der Waals surface area contributed by atoms with E-state index in [9.17, 15) is 0 Å². The third-order valence-electron chi connectivity index (χ3n) is 1.80. The van der Waals surface area contributed by atoms with Gasteiger partial charge >= 0.3 is 0 Å². The second-order valence-electron chi connectivity index (χ2n) is 2.86. The monoisotopic (exact) mass is 304 g/mol. The first-order valence-corrected chi connectivity index (χ1v) is 5.52. The molecule has 0 saturated carbocycles. The molecule has 0 aromatic heterocycles. The second-order valence-corrected chi connectivity index (χ2v) is 4.61. The summed E-state index contributed by atoms with van der Waals surface area (Å²) in [4.78, 5) is 0. The Labute approximate surface area is 92.1 Å². The third kappa shape index (κ3) is 5.79. The highest BCUT2D eigenvalue weighted by atomic mass is 127. The molecule has 80 valence electrons. The summed E-state index contributed by atoms with van der Waals surface area (Å²) in [7, 11) is 0. The quantitative estimate of drug-likeness (QED) is 0.462. The topological polar surface area (TPSA) is 69.9 Å². The van der Waals surface area contributed by atoms with Gasteiger partial charge in [0, 0.05) is 19.1 Å². The van der Waals surface area contributed by atoms with Crippen LogP contribution < -0.4 is 0 Å². The van der Waals surface area contributed by atoms with Gasteiger partial charge in [-0.1, -0.05) is 22.6 Å². The number of ether oxygens (including phenoxy) is 1. The molecule has 0 aromatic carbocycles. The molecule has 0 aliphatic carbocycles. The zero-order valence-corrected chi connectivity index (χ0v) is 9.85. The zero-order valence-electron chi connectivity index (χ0n) is 7.69. The lowest BCUT2D eigenvalue weighted by Crippen LogP contribution is -2.32. The molecule has 0 aromatic rings. The maximum absolute atomic E-state index is 8.98. The van der Waals surface area contributed by atoms with Crippen molar-refractivity contribution in [1.82, 2.24) is 0 Å². The average molecular weight is 304 g/mol. The SMILES string of the molecule is CC(I)OC(CO)C(CO)CCO. The summed E-state index contributed by atoms with van der Waals surface area (Å²) in [6, 6.07) is 0. The molecule has 0 heterocycles. The predicted octanol–water partition coefficient (Wildman–Crippen LogP) is 0.136. The van der Waals surface area contributed by atoms with E-state index >= 15 is 0 Å². The van der Waals surface area contributed by atoms with Crippen molar-refractivity contribution < 1.29 is 20.1 Å². The summed E-state index contributed by atoms with van der Waals surface area (Å²) in [5.41, 5.74) is 0. The van der Waals surface area contributed by atoms with Gasteiger partial charge in [-0.25, -0.2) is 0 Å². The summed E-state index contributed by atoms with van der Waals surface area (Å²) in [5.74, 6) is -0.188. The van der Waals surface area contributed by atoms with Crippen molar-refractivity contribution in [3.63, 3.8) is 0 Å². The van der Waals surface area contributed by atoms with Gasteiger partial charge in [-0.2, -0.15) is 0 Å². The smallest absolute Gasteiger partial charge is 0.106 e. The number of aliphatic hydroxyl groups is 3. The van der Waals surface area contributed by atoms with Gasteiger partial charge in [0.25, 0.3) is 0 Å². The molecule has 0 fully saturated rings. The highest BCUT2D eigenvalue weighted by molar-refractivity contribution is 14.1. The number of alkyl halides is 1. The standard InChI is InChI=1S/C8H17IO4/c1-6(9)13-8(5-12)7(4-11)2-3-10/h6-8,10-12H,2-5H2,1H3. The van der Waals surface area contributed by atoms with Gasteiger partial charge in [0.1, 0.15) is 4.11 Å². The first kappa shape index (κ1) is 13.6. The van der Waals surface area contributed by atoms with Crippen LogP contribution in [0.1, 0.15) is 13.3 Å². The Morgan fingerprint density at radius 2 is 1.85 bits per heavy atom. The molecule has 5 heteroatoms. The summed E-state index contributed by atoms with van der Waals surface area (Å²) in [5, 5.41) is 26.6. The number of aliphatic hydroxyl groups excluding tert-OH is 3. The normalized spacial score (nSPS) is 18.2. The summed E-state index contributed by atoms with van der Waals surface area (Å²) >= 11 is 2.08. The molecule has 3 unspecified atom stereocenters. The molecule has 13 heavy (non-hydrogen) atoms. The molecule has 0 spiro atoms. The molecule has 0 rings (SSSR count). The molecule has 0 saturated heterocycles. The minimum absolute atomic E-state index is 0.000708. The van der Waals surface area contributed by atoms with Crippen molar-refractivity contribution in [3.05, 3.63) is 0 Å². The van der Waals surface area contributed by atoms with Gasteiger partial charge in [0.15, 0.2) is 0 Å². The summed E-state index contributed by atoms with van der Waals surface area (Å²) < 4.78 is 5.36. The fourth-order valence-electron chi connectivity index (χ4n) is 1.10. The van der Waals surface area contributed by atoms with E-state index in [1.165, 1.54) is 0 Å². The van der Waals surface area contributed by atoms with E-state index in [0.717, 1.165) is 0 Å². The minimum atomic E-state index is -0.385. The fourth-order valence-corrected chi connectivity index (χ4v) is 1.48. The molecule has 4 nitrogen and oxygen atoms in total. The van der Waals surface area contributed by atoms with Crippen molar-refractivity contribution in [1.29, 1.82) is 0 Å². The van der Waals surface area contributed by atoms with E-state index in [0.29, 0.717) is 6.42 Å². The van der Waals surface area contributed by atoms with E-state index in [4.69, 9.17) is 20.1 Å². The largest absolute Gasteiger partial charge is 0.396 e. The molecule has 0 radical (unpaired) electrons. The molecule has 0 aliphatic rings. The van der Waals surface area contributed by atoms with Gasteiger partial charge < -0.3 is 20.1 Å². The van der Waals surface area contributed by atoms with Crippen molar-refractivity contribution in [2.45, 2.75) is 23.6 Å². The third-order valence-corrected chi connectivity index (χ3v) is 2.10. The van der Waals surface area contributed by atoms with Crippen LogP contribution in [0.5, 0.6) is 0 Å². The lowest BCUT2D eigenvalue weighted by atomic mass is 10.0. The number of halogens is 1.